The molecule has 0 radical (unpaired) electrons. The van der Waals surface area contributed by atoms with Crippen molar-refractivity contribution in [2.45, 2.75) is 25.4 Å². The Bertz CT molecular complexity index is 491. The third kappa shape index (κ3) is 2.83. The van der Waals surface area contributed by atoms with E-state index in [1.54, 1.807) is 7.05 Å². The first-order valence-electron chi connectivity index (χ1n) is 7.85. The first-order valence-corrected chi connectivity index (χ1v) is 7.85. The van der Waals surface area contributed by atoms with E-state index in [9.17, 15) is 4.79 Å². The molecule has 2 aliphatic heterocycles. The van der Waals surface area contributed by atoms with Crippen molar-refractivity contribution in [2.24, 2.45) is 5.41 Å². The Hall–Kier alpha value is -1.39. The Labute approximate surface area is 126 Å². The van der Waals surface area contributed by atoms with Gasteiger partial charge in [0, 0.05) is 33.3 Å². The number of likely N-dealkylation sites (tertiary alicyclic amines) is 1. The molecule has 2 aliphatic rings. The fraction of sp³-hybridized carbons (Fsp3) is 0.588. The first-order chi connectivity index (χ1) is 10.2. The van der Waals surface area contributed by atoms with Crippen LogP contribution in [0.5, 0.6) is 0 Å². The maximum atomic E-state index is 12.4. The van der Waals surface area contributed by atoms with Crippen LogP contribution in [0.25, 0.3) is 0 Å². The van der Waals surface area contributed by atoms with Gasteiger partial charge in [-0.05, 0) is 24.8 Å². The molecule has 3 rings (SSSR count). The second-order valence-corrected chi connectivity index (χ2v) is 6.15. The van der Waals surface area contributed by atoms with Crippen LogP contribution in [0.2, 0.25) is 0 Å². The highest BCUT2D eigenvalue weighted by Gasteiger charge is 2.52. The van der Waals surface area contributed by atoms with Gasteiger partial charge < -0.3 is 15.0 Å². The van der Waals surface area contributed by atoms with Crippen molar-refractivity contribution in [3.05, 3.63) is 35.9 Å². The average molecular weight is 288 g/mol. The molecule has 4 nitrogen and oxygen atoms in total. The van der Waals surface area contributed by atoms with E-state index in [4.69, 9.17) is 4.74 Å². The Balaban J connectivity index is 1.64. The summed E-state index contributed by atoms with van der Waals surface area (Å²) in [5, 5.41) is 2.85. The van der Waals surface area contributed by atoms with Crippen LogP contribution < -0.4 is 5.32 Å². The van der Waals surface area contributed by atoms with Gasteiger partial charge in [0.15, 0.2) is 0 Å². The Morgan fingerprint density at radius 3 is 3.00 bits per heavy atom. The highest BCUT2D eigenvalue weighted by atomic mass is 16.5. The van der Waals surface area contributed by atoms with Gasteiger partial charge >= 0.3 is 0 Å². The second kappa shape index (κ2) is 6.16. The predicted octanol–water partition coefficient (Wildman–Crippen LogP) is 1.46. The zero-order valence-corrected chi connectivity index (χ0v) is 12.7. The standard InChI is InChI=1S/C17H24N2O2/c1-18-16(20)17-9-12-21-15(17)8-11-19(13-17)10-7-14-5-3-2-4-6-14/h2-6,15H,7-13H2,1H3,(H,18,20)/t15-,17-/m1/s1. The number of hydrogen-bond acceptors (Lipinski definition) is 3. The van der Waals surface area contributed by atoms with E-state index in [0.29, 0.717) is 6.61 Å². The molecule has 2 saturated heterocycles. The molecular weight excluding hydrogens is 264 g/mol. The first kappa shape index (κ1) is 14.5. The Kier molecular flexibility index (Phi) is 4.27. The van der Waals surface area contributed by atoms with Crippen molar-refractivity contribution in [3.63, 3.8) is 0 Å². The summed E-state index contributed by atoms with van der Waals surface area (Å²) in [7, 11) is 1.73. The largest absolute Gasteiger partial charge is 0.377 e. The SMILES string of the molecule is CNC(=O)[C@@]12CCO[C@@H]1CCN(CCc1ccccc1)C2. The quantitative estimate of drug-likeness (QED) is 0.912. The van der Waals surface area contributed by atoms with Crippen LogP contribution >= 0.6 is 0 Å². The van der Waals surface area contributed by atoms with Gasteiger partial charge in [0.25, 0.3) is 0 Å². The van der Waals surface area contributed by atoms with E-state index < -0.39 is 0 Å². The Morgan fingerprint density at radius 2 is 2.24 bits per heavy atom. The van der Waals surface area contributed by atoms with E-state index in [1.165, 1.54) is 5.56 Å². The minimum Gasteiger partial charge on any atom is -0.377 e. The van der Waals surface area contributed by atoms with E-state index >= 15 is 0 Å². The minimum absolute atomic E-state index is 0.102. The number of hydrogen-bond donors (Lipinski definition) is 1. The third-order valence-corrected chi connectivity index (χ3v) is 4.94. The monoisotopic (exact) mass is 288 g/mol. The van der Waals surface area contributed by atoms with E-state index in [0.717, 1.165) is 38.9 Å². The molecule has 114 valence electrons. The molecule has 1 amide bonds. The molecule has 0 unspecified atom stereocenters. The molecule has 2 heterocycles. The van der Waals surface area contributed by atoms with Crippen molar-refractivity contribution in [1.82, 2.24) is 10.2 Å². The minimum atomic E-state index is -0.330. The van der Waals surface area contributed by atoms with Crippen LogP contribution in [0.3, 0.4) is 0 Å². The van der Waals surface area contributed by atoms with Crippen LogP contribution in [0, 0.1) is 5.41 Å². The summed E-state index contributed by atoms with van der Waals surface area (Å²) in [6.07, 6.45) is 2.95. The van der Waals surface area contributed by atoms with Crippen LogP contribution in [-0.4, -0.2) is 50.2 Å². The lowest BCUT2D eigenvalue weighted by Crippen LogP contribution is -2.56. The molecule has 1 aromatic rings. The summed E-state index contributed by atoms with van der Waals surface area (Å²) in [5.74, 6) is 0.148. The molecule has 0 aliphatic carbocycles. The second-order valence-electron chi connectivity index (χ2n) is 6.15. The number of fused-ring (bicyclic) bond motifs is 1. The molecule has 0 aromatic heterocycles. The number of carbonyl (C=O) groups excluding carboxylic acids is 1. The van der Waals surface area contributed by atoms with Gasteiger partial charge in [-0.1, -0.05) is 30.3 Å². The summed E-state index contributed by atoms with van der Waals surface area (Å²) in [5.41, 5.74) is 1.03. The highest BCUT2D eigenvalue weighted by molar-refractivity contribution is 5.83. The molecule has 2 atom stereocenters. The maximum absolute atomic E-state index is 12.4. The lowest BCUT2D eigenvalue weighted by Gasteiger charge is -2.42. The van der Waals surface area contributed by atoms with Crippen molar-refractivity contribution >= 4 is 5.91 Å². The molecule has 2 fully saturated rings. The van der Waals surface area contributed by atoms with E-state index in [1.807, 2.05) is 6.07 Å². The van der Waals surface area contributed by atoms with Crippen molar-refractivity contribution in [2.75, 3.05) is 33.3 Å². The zero-order chi connectivity index (χ0) is 14.7. The maximum Gasteiger partial charge on any atom is 0.229 e. The summed E-state index contributed by atoms with van der Waals surface area (Å²) >= 11 is 0. The van der Waals surface area contributed by atoms with Crippen LogP contribution in [0.1, 0.15) is 18.4 Å². The number of rotatable bonds is 4. The number of ether oxygens (including phenoxy) is 1. The van der Waals surface area contributed by atoms with Gasteiger partial charge in [0.1, 0.15) is 0 Å². The number of amides is 1. The van der Waals surface area contributed by atoms with Gasteiger partial charge in [0.05, 0.1) is 11.5 Å². The normalized spacial score (nSPS) is 29.1. The smallest absolute Gasteiger partial charge is 0.229 e. The van der Waals surface area contributed by atoms with Crippen molar-refractivity contribution in [3.8, 4) is 0 Å². The lowest BCUT2D eigenvalue weighted by atomic mass is 9.75. The lowest BCUT2D eigenvalue weighted by molar-refractivity contribution is -0.138. The summed E-state index contributed by atoms with van der Waals surface area (Å²) < 4.78 is 5.81. The summed E-state index contributed by atoms with van der Waals surface area (Å²) in [6.45, 7) is 3.57. The number of carbonyl (C=O) groups is 1. The van der Waals surface area contributed by atoms with E-state index in [2.05, 4.69) is 34.5 Å². The number of nitrogens with zero attached hydrogens (tertiary/aromatic N) is 1. The van der Waals surface area contributed by atoms with Gasteiger partial charge in [-0.3, -0.25) is 4.79 Å². The molecule has 1 N–H and O–H groups in total. The third-order valence-electron chi connectivity index (χ3n) is 4.94. The molecule has 21 heavy (non-hydrogen) atoms. The van der Waals surface area contributed by atoms with Gasteiger partial charge in [0.2, 0.25) is 5.91 Å². The molecule has 0 bridgehead atoms. The molecule has 0 spiro atoms. The molecular formula is C17H24N2O2. The van der Waals surface area contributed by atoms with E-state index in [-0.39, 0.29) is 17.4 Å². The molecule has 1 aromatic carbocycles. The number of piperidine rings is 1. The predicted molar refractivity (Wildman–Crippen MR) is 82.1 cm³/mol. The summed E-state index contributed by atoms with van der Waals surface area (Å²) in [4.78, 5) is 14.8. The fourth-order valence-corrected chi connectivity index (χ4v) is 3.73. The number of nitrogens with one attached hydrogen (secondary N) is 1. The Morgan fingerprint density at radius 1 is 1.43 bits per heavy atom. The van der Waals surface area contributed by atoms with Crippen LogP contribution in [0.4, 0.5) is 0 Å². The van der Waals surface area contributed by atoms with Gasteiger partial charge in [-0.25, -0.2) is 0 Å². The van der Waals surface area contributed by atoms with Gasteiger partial charge in [-0.15, -0.1) is 0 Å². The molecule has 0 saturated carbocycles. The zero-order valence-electron chi connectivity index (χ0n) is 12.7. The van der Waals surface area contributed by atoms with Crippen LogP contribution in [-0.2, 0) is 16.0 Å². The molecule has 4 heteroatoms. The van der Waals surface area contributed by atoms with Gasteiger partial charge in [-0.2, -0.15) is 0 Å². The van der Waals surface area contributed by atoms with Crippen molar-refractivity contribution < 1.29 is 9.53 Å². The number of benzene rings is 1. The topological polar surface area (TPSA) is 41.6 Å². The van der Waals surface area contributed by atoms with Crippen LogP contribution in [0.15, 0.2) is 30.3 Å². The van der Waals surface area contributed by atoms with Crippen molar-refractivity contribution in [1.29, 1.82) is 0 Å². The fourth-order valence-electron chi connectivity index (χ4n) is 3.73. The average Bonchev–Trinajstić information content (AvgIpc) is 2.97. The summed E-state index contributed by atoms with van der Waals surface area (Å²) in [6, 6.07) is 10.5. The highest BCUT2D eigenvalue weighted by Crippen LogP contribution is 2.41.